The Morgan fingerprint density at radius 3 is 1.00 bits per heavy atom. The number of hydrogen-bond donors (Lipinski definition) is 0. The Morgan fingerprint density at radius 1 is 1.00 bits per heavy atom. The Labute approximate surface area is 112 Å². The molecule has 0 aliphatic carbocycles. The quantitative estimate of drug-likeness (QED) is 0.357. The fourth-order valence-corrected chi connectivity index (χ4v) is 0. The van der Waals surface area contributed by atoms with Gasteiger partial charge in [0.25, 0.3) is 0 Å². The monoisotopic (exact) mass is 434 g/mol. The van der Waals surface area contributed by atoms with Crippen LogP contribution in [0.25, 0.3) is 0 Å². The Hall–Kier alpha value is 3.74. The third-order valence-electron chi connectivity index (χ3n) is 0. The van der Waals surface area contributed by atoms with E-state index in [4.69, 9.17) is 0 Å². The van der Waals surface area contributed by atoms with Crippen molar-refractivity contribution in [2.75, 3.05) is 0 Å². The summed E-state index contributed by atoms with van der Waals surface area (Å²) in [5, 5.41) is 0. The number of rotatable bonds is 0. The summed E-state index contributed by atoms with van der Waals surface area (Å²) in [7, 11) is 0. The molecule has 0 aliphatic rings. The van der Waals surface area contributed by atoms with Crippen molar-refractivity contribution in [1.29, 1.82) is 0 Å². The summed E-state index contributed by atoms with van der Waals surface area (Å²) < 4.78 is 0. The molecule has 0 nitrogen and oxygen atoms in total. The molecule has 0 aromatic carbocycles. The molecule has 0 saturated carbocycles. The van der Waals surface area contributed by atoms with E-state index in [2.05, 4.69) is 0 Å². The first kappa shape index (κ1) is 25.1. The van der Waals surface area contributed by atoms with Crippen molar-refractivity contribution in [1.82, 2.24) is 0 Å². The second kappa shape index (κ2) is 15.9. The summed E-state index contributed by atoms with van der Waals surface area (Å²) >= 11 is 0. The van der Waals surface area contributed by atoms with Crippen LogP contribution >= 0.6 is 0 Å². The molecule has 0 radical (unpaired) electrons. The average Bonchev–Trinajstić information content (AvgIpc) is 0. The van der Waals surface area contributed by atoms with Crippen molar-refractivity contribution in [3.05, 3.63) is 0 Å². The predicted molar refractivity (Wildman–Crippen MR) is 27.0 cm³/mol. The maximum absolute atomic E-state index is 0. The van der Waals surface area contributed by atoms with Crippen LogP contribution in [0.3, 0.4) is 0 Å². The summed E-state index contributed by atoms with van der Waals surface area (Å²) in [5.74, 6) is 0. The first-order valence-electron chi connectivity index (χ1n) is 0. The molecule has 0 bridgehead atoms. The SMILES string of the molecule is [BaH2].[BiH3].[Fe].[MgH2]. The van der Waals surface area contributed by atoms with Crippen molar-refractivity contribution in [2.45, 2.75) is 0 Å². The van der Waals surface area contributed by atoms with E-state index in [0.717, 1.165) is 0 Å². The third-order valence-corrected chi connectivity index (χ3v) is 0. The van der Waals surface area contributed by atoms with Gasteiger partial charge in [-0.05, 0) is 0 Å². The molecule has 0 fully saturated rings. The van der Waals surface area contributed by atoms with Crippen LogP contribution in [0.2, 0.25) is 0 Å². The van der Waals surface area contributed by atoms with Gasteiger partial charge in [0, 0.05) is 17.1 Å². The van der Waals surface area contributed by atoms with Gasteiger partial charge in [-0.25, -0.2) is 0 Å². The largest absolute Gasteiger partial charge is 0.316 e. The Balaban J connectivity index is 0. The van der Waals surface area contributed by atoms with Gasteiger partial charge in [0.15, 0.2) is 0 Å². The van der Waals surface area contributed by atoms with Gasteiger partial charge in [-0.3, -0.25) is 0 Å². The first-order chi connectivity index (χ1) is 0. The number of hydrogen-bond acceptors (Lipinski definition) is 0. The average molecular weight is 434 g/mol. The van der Waals surface area contributed by atoms with E-state index in [0.29, 0.717) is 0 Å². The fraction of sp³-hybridized carbons (Fsp3) is 0. The van der Waals surface area contributed by atoms with Crippen LogP contribution in [-0.2, 0) is 17.1 Å². The third kappa shape index (κ3) is 9.22. The van der Waals surface area contributed by atoms with E-state index in [1.165, 1.54) is 0 Å². The van der Waals surface area contributed by atoms with Crippen LogP contribution in [0, 0.1) is 0 Å². The molecule has 24 valence electrons. The summed E-state index contributed by atoms with van der Waals surface area (Å²) in [6.45, 7) is 0. The second-order valence-corrected chi connectivity index (χ2v) is 0. The van der Waals surface area contributed by atoms with Crippen molar-refractivity contribution < 1.29 is 17.1 Å². The molecule has 4 heavy (non-hydrogen) atoms. The molecule has 0 aromatic rings. The molecule has 0 unspecified atom stereocenters. The molecule has 4 heteroatoms. The van der Waals surface area contributed by atoms with Gasteiger partial charge in [-0.15, -0.1) is 0 Å². The van der Waals surface area contributed by atoms with Crippen molar-refractivity contribution in [3.63, 3.8) is 0 Å². The van der Waals surface area contributed by atoms with Crippen LogP contribution in [0.4, 0.5) is 0 Å². The standard InChI is InChI=1S/Ba.Bi.Fe.Mg.7H. The summed E-state index contributed by atoms with van der Waals surface area (Å²) in [4.78, 5) is 0. The van der Waals surface area contributed by atoms with Gasteiger partial charge in [-0.1, -0.05) is 0 Å². The topological polar surface area (TPSA) is 0 Å². The van der Waals surface area contributed by atoms with Gasteiger partial charge in [0.1, 0.15) is 0 Å². The minimum atomic E-state index is 0. The Morgan fingerprint density at radius 2 is 1.00 bits per heavy atom. The van der Waals surface area contributed by atoms with Crippen LogP contribution in [0.15, 0.2) is 0 Å². The molecule has 0 aromatic heterocycles. The van der Waals surface area contributed by atoms with Crippen LogP contribution in [0.5, 0.6) is 0 Å². The van der Waals surface area contributed by atoms with Crippen LogP contribution in [0.1, 0.15) is 0 Å². The fourth-order valence-electron chi connectivity index (χ4n) is 0. The zero-order valence-electron chi connectivity index (χ0n) is 1.06. The summed E-state index contributed by atoms with van der Waals surface area (Å²) in [6, 6.07) is 0. The van der Waals surface area contributed by atoms with Crippen molar-refractivity contribution >= 4 is 98.1 Å². The van der Waals surface area contributed by atoms with Crippen LogP contribution in [-0.4, -0.2) is 98.1 Å². The second-order valence-electron chi connectivity index (χ2n) is 0. The molecule has 0 N–H and O–H groups in total. The maximum atomic E-state index is 0. The van der Waals surface area contributed by atoms with Crippen molar-refractivity contribution in [3.8, 4) is 0 Å². The van der Waals surface area contributed by atoms with E-state index in [9.17, 15) is 0 Å². The predicted octanol–water partition coefficient (Wildman–Crippen LogP) is -3.02. The smallest absolute Gasteiger partial charge is 0 e. The van der Waals surface area contributed by atoms with E-state index >= 15 is 0 Å². The Bertz CT molecular complexity index is 8.00. The molecule has 0 rings (SSSR count). The normalized spacial score (nSPS) is 0. The van der Waals surface area contributed by atoms with E-state index < -0.39 is 0 Å². The minimum absolute atomic E-state index is 0. The molecule has 0 saturated heterocycles. The van der Waals surface area contributed by atoms with Gasteiger partial charge in [-0.2, -0.15) is 0 Å². The molecule has 0 atom stereocenters. The molecule has 0 spiro atoms. The first-order valence-corrected chi connectivity index (χ1v) is 0. The van der Waals surface area contributed by atoms with Crippen molar-refractivity contribution in [2.24, 2.45) is 0 Å². The van der Waals surface area contributed by atoms with Gasteiger partial charge in [0.2, 0.25) is 0 Å². The molecule has 0 amide bonds. The zero-order valence-corrected chi connectivity index (χ0v) is 7.66. The summed E-state index contributed by atoms with van der Waals surface area (Å²) in [5.41, 5.74) is 0. The zero-order chi connectivity index (χ0) is 0. The van der Waals surface area contributed by atoms with Gasteiger partial charge >= 0.3 is 98.1 Å². The van der Waals surface area contributed by atoms with E-state index in [1.54, 1.807) is 0 Å². The summed E-state index contributed by atoms with van der Waals surface area (Å²) in [6.07, 6.45) is 0. The molecule has 0 aliphatic heterocycles. The molecular formula is H7BaBiFeMg. The van der Waals surface area contributed by atoms with E-state index in [-0.39, 0.29) is 115 Å². The minimum Gasteiger partial charge on any atom is 0 e. The molecule has 0 heterocycles. The van der Waals surface area contributed by atoms with E-state index in [1.807, 2.05) is 0 Å². The Kier molecular flexibility index (Phi) is 99.8. The van der Waals surface area contributed by atoms with Gasteiger partial charge < -0.3 is 0 Å². The maximum Gasteiger partial charge on any atom is 0.316 e. The molecular weight excluding hydrogens is 426 g/mol. The van der Waals surface area contributed by atoms with Crippen LogP contribution < -0.4 is 0 Å². The van der Waals surface area contributed by atoms with Gasteiger partial charge in [0.05, 0.1) is 0 Å².